The second-order valence-electron chi connectivity index (χ2n) is 6.42. The molecule has 1 N–H and O–H groups in total. The lowest BCUT2D eigenvalue weighted by atomic mass is 10.1. The number of piperidine rings is 1. The van der Waals surface area contributed by atoms with E-state index in [9.17, 15) is 17.6 Å². The Labute approximate surface area is 152 Å². The molecule has 1 aliphatic heterocycles. The molecule has 0 aromatic heterocycles. The number of amides is 1. The minimum Gasteiger partial charge on any atom is -0.319 e. The van der Waals surface area contributed by atoms with Gasteiger partial charge in [0.05, 0.1) is 10.6 Å². The van der Waals surface area contributed by atoms with Crippen LogP contribution in [0.15, 0.2) is 53.4 Å². The van der Waals surface area contributed by atoms with Gasteiger partial charge in [0.25, 0.3) is 5.91 Å². The molecule has 0 spiro atoms. The van der Waals surface area contributed by atoms with Crippen LogP contribution in [0.2, 0.25) is 0 Å². The Balaban J connectivity index is 1.77. The van der Waals surface area contributed by atoms with Gasteiger partial charge in [-0.1, -0.05) is 18.6 Å². The summed E-state index contributed by atoms with van der Waals surface area (Å²) in [6, 6.07) is 11.6. The van der Waals surface area contributed by atoms with Crippen LogP contribution in [0.25, 0.3) is 0 Å². The maximum absolute atomic E-state index is 13.6. The van der Waals surface area contributed by atoms with Gasteiger partial charge in [0, 0.05) is 18.2 Å². The molecule has 1 fully saturated rings. The van der Waals surface area contributed by atoms with Crippen LogP contribution in [0, 0.1) is 5.82 Å². The number of carbonyl (C=O) groups is 1. The zero-order valence-corrected chi connectivity index (χ0v) is 15.3. The molecule has 3 rings (SSSR count). The van der Waals surface area contributed by atoms with E-state index < -0.39 is 21.7 Å². The van der Waals surface area contributed by atoms with E-state index in [1.54, 1.807) is 6.07 Å². The zero-order valence-electron chi connectivity index (χ0n) is 14.5. The smallest absolute Gasteiger partial charge is 0.255 e. The van der Waals surface area contributed by atoms with Gasteiger partial charge in [0.1, 0.15) is 5.82 Å². The van der Waals surface area contributed by atoms with Gasteiger partial charge >= 0.3 is 0 Å². The highest BCUT2D eigenvalue weighted by molar-refractivity contribution is 7.89. The number of rotatable bonds is 4. The summed E-state index contributed by atoms with van der Waals surface area (Å²) in [5.74, 6) is -1.02. The molecule has 1 amide bonds. The first-order valence-electron chi connectivity index (χ1n) is 8.57. The average molecular weight is 376 g/mol. The molecule has 0 unspecified atom stereocenters. The lowest BCUT2D eigenvalue weighted by molar-refractivity contribution is 0.102. The molecule has 138 valence electrons. The SMILES string of the molecule is C[C@@H]1CCCCN1S(=O)(=O)c1ccc(C(=O)Nc2ccccc2F)cc1. The zero-order chi connectivity index (χ0) is 18.7. The number of hydrogen-bond acceptors (Lipinski definition) is 3. The number of hydrogen-bond donors (Lipinski definition) is 1. The van der Waals surface area contributed by atoms with Crippen molar-refractivity contribution in [3.8, 4) is 0 Å². The lowest BCUT2D eigenvalue weighted by Crippen LogP contribution is -2.41. The highest BCUT2D eigenvalue weighted by Gasteiger charge is 2.30. The Morgan fingerprint density at radius 1 is 1.12 bits per heavy atom. The maximum Gasteiger partial charge on any atom is 0.255 e. The Morgan fingerprint density at radius 3 is 2.46 bits per heavy atom. The van der Waals surface area contributed by atoms with Crippen molar-refractivity contribution in [2.75, 3.05) is 11.9 Å². The Kier molecular flexibility index (Phi) is 5.38. The van der Waals surface area contributed by atoms with Gasteiger partial charge in [-0.2, -0.15) is 4.31 Å². The van der Waals surface area contributed by atoms with E-state index in [0.29, 0.717) is 6.54 Å². The van der Waals surface area contributed by atoms with Gasteiger partial charge in [-0.05, 0) is 56.2 Å². The number of sulfonamides is 1. The van der Waals surface area contributed by atoms with Crippen LogP contribution in [0.1, 0.15) is 36.5 Å². The minimum absolute atomic E-state index is 0.0298. The molecular formula is C19H21FN2O3S. The molecule has 7 heteroatoms. The van der Waals surface area contributed by atoms with E-state index in [-0.39, 0.29) is 22.2 Å². The van der Waals surface area contributed by atoms with Crippen LogP contribution in [0.5, 0.6) is 0 Å². The molecule has 1 saturated heterocycles. The molecule has 5 nitrogen and oxygen atoms in total. The standard InChI is InChI=1S/C19H21FN2O3S/c1-14-6-4-5-13-22(14)26(24,25)16-11-9-15(10-12-16)19(23)21-18-8-3-2-7-17(18)20/h2-3,7-12,14H,4-6,13H2,1H3,(H,21,23)/t14-/m1/s1. The van der Waals surface area contributed by atoms with Gasteiger partial charge in [0.2, 0.25) is 10.0 Å². The van der Waals surface area contributed by atoms with E-state index >= 15 is 0 Å². The van der Waals surface area contributed by atoms with E-state index in [2.05, 4.69) is 5.32 Å². The molecular weight excluding hydrogens is 355 g/mol. The first kappa shape index (κ1) is 18.5. The Hall–Kier alpha value is -2.25. The normalized spacial score (nSPS) is 18.5. The largest absolute Gasteiger partial charge is 0.319 e. The van der Waals surface area contributed by atoms with Crippen molar-refractivity contribution < 1.29 is 17.6 Å². The molecule has 1 aliphatic rings. The van der Waals surface area contributed by atoms with Crippen LogP contribution in [0.4, 0.5) is 10.1 Å². The predicted octanol–water partition coefficient (Wildman–Crippen LogP) is 3.64. The monoisotopic (exact) mass is 376 g/mol. The van der Waals surface area contributed by atoms with E-state index in [4.69, 9.17) is 0 Å². The third-order valence-corrected chi connectivity index (χ3v) is 6.61. The summed E-state index contributed by atoms with van der Waals surface area (Å²) in [4.78, 5) is 12.4. The number of anilines is 1. The fourth-order valence-corrected chi connectivity index (χ4v) is 4.80. The number of para-hydroxylation sites is 1. The van der Waals surface area contributed by atoms with Crippen LogP contribution >= 0.6 is 0 Å². The summed E-state index contributed by atoms with van der Waals surface area (Å²) in [5, 5.41) is 2.48. The van der Waals surface area contributed by atoms with Crippen LogP contribution < -0.4 is 5.32 Å². The summed E-state index contributed by atoms with van der Waals surface area (Å²) in [5.41, 5.74) is 0.343. The van der Waals surface area contributed by atoms with E-state index in [1.165, 1.54) is 46.8 Å². The first-order chi connectivity index (χ1) is 12.4. The second-order valence-corrected chi connectivity index (χ2v) is 8.31. The molecule has 1 atom stereocenters. The lowest BCUT2D eigenvalue weighted by Gasteiger charge is -2.32. The highest BCUT2D eigenvalue weighted by Crippen LogP contribution is 2.25. The van der Waals surface area contributed by atoms with Gasteiger partial charge in [-0.15, -0.1) is 0 Å². The quantitative estimate of drug-likeness (QED) is 0.886. The summed E-state index contributed by atoms with van der Waals surface area (Å²) < 4.78 is 40.7. The van der Waals surface area contributed by atoms with Crippen molar-refractivity contribution in [1.82, 2.24) is 4.31 Å². The average Bonchev–Trinajstić information content (AvgIpc) is 2.64. The summed E-state index contributed by atoms with van der Waals surface area (Å²) in [7, 11) is -3.58. The van der Waals surface area contributed by atoms with Crippen molar-refractivity contribution in [2.45, 2.75) is 37.1 Å². The van der Waals surface area contributed by atoms with Crippen molar-refractivity contribution in [3.05, 3.63) is 59.9 Å². The van der Waals surface area contributed by atoms with Gasteiger partial charge in [-0.3, -0.25) is 4.79 Å². The van der Waals surface area contributed by atoms with Gasteiger partial charge < -0.3 is 5.32 Å². The Bertz CT molecular complexity index is 897. The third kappa shape index (κ3) is 3.78. The highest BCUT2D eigenvalue weighted by atomic mass is 32.2. The number of nitrogens with zero attached hydrogens (tertiary/aromatic N) is 1. The van der Waals surface area contributed by atoms with Crippen molar-refractivity contribution in [1.29, 1.82) is 0 Å². The molecule has 0 radical (unpaired) electrons. The first-order valence-corrected chi connectivity index (χ1v) is 10.0. The van der Waals surface area contributed by atoms with E-state index in [1.807, 2.05) is 6.92 Å². The topological polar surface area (TPSA) is 66.5 Å². The number of benzene rings is 2. The molecule has 0 aliphatic carbocycles. The molecule has 2 aromatic rings. The van der Waals surface area contributed by atoms with E-state index in [0.717, 1.165) is 19.3 Å². The minimum atomic E-state index is -3.58. The van der Waals surface area contributed by atoms with Crippen molar-refractivity contribution in [3.63, 3.8) is 0 Å². The maximum atomic E-state index is 13.6. The van der Waals surface area contributed by atoms with Crippen LogP contribution in [-0.2, 0) is 10.0 Å². The number of halogens is 1. The van der Waals surface area contributed by atoms with Crippen molar-refractivity contribution >= 4 is 21.6 Å². The fourth-order valence-electron chi connectivity index (χ4n) is 3.10. The van der Waals surface area contributed by atoms with Crippen LogP contribution in [-0.4, -0.2) is 31.2 Å². The molecule has 1 heterocycles. The Morgan fingerprint density at radius 2 is 1.81 bits per heavy atom. The summed E-state index contributed by atoms with van der Waals surface area (Å²) in [6.07, 6.45) is 2.73. The molecule has 26 heavy (non-hydrogen) atoms. The fraction of sp³-hybridized carbons (Fsp3) is 0.316. The predicted molar refractivity (Wildman–Crippen MR) is 98.0 cm³/mol. The number of nitrogens with one attached hydrogen (secondary N) is 1. The summed E-state index contributed by atoms with van der Waals surface area (Å²) in [6.45, 7) is 2.42. The van der Waals surface area contributed by atoms with Crippen molar-refractivity contribution in [2.24, 2.45) is 0 Å². The van der Waals surface area contributed by atoms with Crippen LogP contribution in [0.3, 0.4) is 0 Å². The number of carbonyl (C=O) groups excluding carboxylic acids is 1. The summed E-state index contributed by atoms with van der Waals surface area (Å²) >= 11 is 0. The molecule has 0 saturated carbocycles. The molecule has 2 aromatic carbocycles. The second kappa shape index (κ2) is 7.55. The third-order valence-electron chi connectivity index (χ3n) is 4.59. The molecule has 0 bridgehead atoms. The van der Waals surface area contributed by atoms with Gasteiger partial charge in [-0.25, -0.2) is 12.8 Å². The van der Waals surface area contributed by atoms with Gasteiger partial charge in [0.15, 0.2) is 0 Å².